The molecule has 2 aromatic carbocycles. The Hall–Kier alpha value is -1.62. The molecule has 0 bridgehead atoms. The summed E-state index contributed by atoms with van der Waals surface area (Å²) in [6.07, 6.45) is 0.912. The minimum atomic E-state index is -0.0835. The maximum Gasteiger partial charge on any atom is 0.161 e. The van der Waals surface area contributed by atoms with Crippen LogP contribution in [0.15, 0.2) is 24.3 Å². The minimum Gasteiger partial charge on any atom is -0.495 e. The van der Waals surface area contributed by atoms with E-state index < -0.39 is 0 Å². The Labute approximate surface area is 164 Å². The third-order valence-corrected chi connectivity index (χ3v) is 4.91. The molecule has 0 spiro atoms. The van der Waals surface area contributed by atoms with Crippen LogP contribution in [0.3, 0.4) is 0 Å². The van der Waals surface area contributed by atoms with Crippen molar-refractivity contribution in [1.82, 2.24) is 5.32 Å². The number of methoxy groups -OCH3 is 1. The average Bonchev–Trinajstić information content (AvgIpc) is 2.61. The fourth-order valence-corrected chi connectivity index (χ4v) is 3.97. The van der Waals surface area contributed by atoms with Crippen LogP contribution in [-0.2, 0) is 6.42 Å². The first-order valence-corrected chi connectivity index (χ1v) is 9.53. The van der Waals surface area contributed by atoms with Crippen LogP contribution in [0.1, 0.15) is 36.6 Å². The van der Waals surface area contributed by atoms with Gasteiger partial charge in [0, 0.05) is 17.1 Å². The number of hydrogen-bond acceptors (Lipinski definition) is 4. The summed E-state index contributed by atoms with van der Waals surface area (Å²) in [5.41, 5.74) is 3.26. The van der Waals surface area contributed by atoms with Crippen LogP contribution in [0.5, 0.6) is 17.2 Å². The summed E-state index contributed by atoms with van der Waals surface area (Å²) in [6, 6.07) is 7.64. The fraction of sp³-hybridized carbons (Fsp3) is 0.400. The van der Waals surface area contributed by atoms with Crippen molar-refractivity contribution in [2.45, 2.75) is 26.3 Å². The standard InChI is InChI=1S/C20H23Cl2NO3/c1-4-25-17-8-12-6-7-23-19(14(12)11-18(17)26-5-2)15-9-13(21)10-16(22)20(15)24-3/h8-11,19,23H,4-7H2,1-3H3. The average molecular weight is 396 g/mol. The third kappa shape index (κ3) is 3.73. The molecule has 1 N–H and O–H groups in total. The van der Waals surface area contributed by atoms with E-state index in [-0.39, 0.29) is 6.04 Å². The molecule has 0 saturated carbocycles. The van der Waals surface area contributed by atoms with Crippen molar-refractivity contribution in [3.05, 3.63) is 51.0 Å². The van der Waals surface area contributed by atoms with E-state index >= 15 is 0 Å². The SMILES string of the molecule is CCOc1cc2c(cc1OCC)C(c1cc(Cl)cc(Cl)c1OC)NCC2. The first-order valence-electron chi connectivity index (χ1n) is 8.77. The molecule has 26 heavy (non-hydrogen) atoms. The zero-order chi connectivity index (χ0) is 18.7. The predicted molar refractivity (Wildman–Crippen MR) is 105 cm³/mol. The molecule has 0 saturated heterocycles. The summed E-state index contributed by atoms with van der Waals surface area (Å²) in [4.78, 5) is 0. The van der Waals surface area contributed by atoms with Crippen LogP contribution in [0, 0.1) is 0 Å². The summed E-state index contributed by atoms with van der Waals surface area (Å²) in [6.45, 7) is 5.94. The van der Waals surface area contributed by atoms with Gasteiger partial charge in [0.2, 0.25) is 0 Å². The van der Waals surface area contributed by atoms with Crippen molar-refractivity contribution >= 4 is 23.2 Å². The largest absolute Gasteiger partial charge is 0.495 e. The van der Waals surface area contributed by atoms with Crippen LogP contribution in [0.2, 0.25) is 10.0 Å². The van der Waals surface area contributed by atoms with Crippen molar-refractivity contribution in [3.63, 3.8) is 0 Å². The lowest BCUT2D eigenvalue weighted by atomic mass is 9.89. The third-order valence-electron chi connectivity index (χ3n) is 4.41. The molecule has 0 fully saturated rings. The lowest BCUT2D eigenvalue weighted by molar-refractivity contribution is 0.286. The molecule has 1 atom stereocenters. The maximum atomic E-state index is 6.35. The minimum absolute atomic E-state index is 0.0835. The lowest BCUT2D eigenvalue weighted by Gasteiger charge is -2.30. The monoisotopic (exact) mass is 395 g/mol. The number of rotatable bonds is 6. The highest BCUT2D eigenvalue weighted by Gasteiger charge is 2.27. The molecule has 4 nitrogen and oxygen atoms in total. The summed E-state index contributed by atoms with van der Waals surface area (Å²) in [5.74, 6) is 2.16. The molecule has 0 amide bonds. The van der Waals surface area contributed by atoms with Crippen molar-refractivity contribution < 1.29 is 14.2 Å². The Morgan fingerprint density at radius 2 is 1.69 bits per heavy atom. The normalized spacial score (nSPS) is 16.1. The topological polar surface area (TPSA) is 39.7 Å². The van der Waals surface area contributed by atoms with Gasteiger partial charge < -0.3 is 19.5 Å². The molecule has 2 aromatic rings. The quantitative estimate of drug-likeness (QED) is 0.743. The molecule has 1 aliphatic rings. The van der Waals surface area contributed by atoms with E-state index in [1.54, 1.807) is 13.2 Å². The Morgan fingerprint density at radius 1 is 1.00 bits per heavy atom. The van der Waals surface area contributed by atoms with Gasteiger partial charge in [0.05, 0.1) is 31.4 Å². The van der Waals surface area contributed by atoms with Gasteiger partial charge in [-0.2, -0.15) is 0 Å². The Balaban J connectivity index is 2.13. The summed E-state index contributed by atoms with van der Waals surface area (Å²) < 4.78 is 17.1. The van der Waals surface area contributed by atoms with E-state index in [0.29, 0.717) is 29.0 Å². The smallest absolute Gasteiger partial charge is 0.161 e. The second-order valence-corrected chi connectivity index (χ2v) is 6.85. The Morgan fingerprint density at radius 3 is 2.35 bits per heavy atom. The van der Waals surface area contributed by atoms with E-state index in [4.69, 9.17) is 37.4 Å². The molecule has 3 rings (SSSR count). The van der Waals surface area contributed by atoms with Crippen molar-refractivity contribution in [2.75, 3.05) is 26.9 Å². The number of benzene rings is 2. The number of hydrogen-bond donors (Lipinski definition) is 1. The highest BCUT2D eigenvalue weighted by molar-refractivity contribution is 6.35. The molecule has 1 unspecified atom stereocenters. The van der Waals surface area contributed by atoms with E-state index in [0.717, 1.165) is 35.6 Å². The van der Waals surface area contributed by atoms with Gasteiger partial charge in [-0.25, -0.2) is 0 Å². The Kier molecular flexibility index (Phi) is 6.17. The van der Waals surface area contributed by atoms with Crippen LogP contribution in [0.4, 0.5) is 0 Å². The number of nitrogens with one attached hydrogen (secondary N) is 1. The summed E-state index contributed by atoms with van der Waals surface area (Å²) >= 11 is 12.6. The Bertz CT molecular complexity index is 795. The van der Waals surface area contributed by atoms with Gasteiger partial charge in [-0.15, -0.1) is 0 Å². The summed E-state index contributed by atoms with van der Waals surface area (Å²) in [5, 5.41) is 4.63. The van der Waals surface area contributed by atoms with Crippen molar-refractivity contribution in [3.8, 4) is 17.2 Å². The van der Waals surface area contributed by atoms with E-state index in [1.807, 2.05) is 19.9 Å². The summed E-state index contributed by atoms with van der Waals surface area (Å²) in [7, 11) is 1.62. The van der Waals surface area contributed by atoms with E-state index in [9.17, 15) is 0 Å². The van der Waals surface area contributed by atoms with Gasteiger partial charge in [-0.3, -0.25) is 0 Å². The molecule has 6 heteroatoms. The van der Waals surface area contributed by atoms with Gasteiger partial charge in [-0.1, -0.05) is 23.2 Å². The number of halogens is 2. The molecule has 140 valence electrons. The molecular formula is C20H23Cl2NO3. The van der Waals surface area contributed by atoms with Gasteiger partial charge in [0.1, 0.15) is 5.75 Å². The van der Waals surface area contributed by atoms with Crippen molar-refractivity contribution in [1.29, 1.82) is 0 Å². The first kappa shape index (κ1) is 19.2. The second-order valence-electron chi connectivity index (χ2n) is 6.01. The molecule has 1 heterocycles. The molecular weight excluding hydrogens is 373 g/mol. The number of fused-ring (bicyclic) bond motifs is 1. The van der Waals surface area contributed by atoms with Crippen LogP contribution in [0.25, 0.3) is 0 Å². The van der Waals surface area contributed by atoms with Crippen LogP contribution >= 0.6 is 23.2 Å². The predicted octanol–water partition coefficient (Wildman–Crippen LogP) is 5.03. The molecule has 0 aromatic heterocycles. The highest BCUT2D eigenvalue weighted by Crippen LogP contribution is 2.43. The maximum absolute atomic E-state index is 6.35. The van der Waals surface area contributed by atoms with Gasteiger partial charge in [0.25, 0.3) is 0 Å². The molecule has 1 aliphatic heterocycles. The fourth-order valence-electron chi connectivity index (χ4n) is 3.39. The van der Waals surface area contributed by atoms with E-state index in [2.05, 4.69) is 17.4 Å². The molecule has 0 radical (unpaired) electrons. The lowest BCUT2D eigenvalue weighted by Crippen LogP contribution is -2.31. The van der Waals surface area contributed by atoms with Gasteiger partial charge in [0.15, 0.2) is 11.5 Å². The highest BCUT2D eigenvalue weighted by atomic mass is 35.5. The van der Waals surface area contributed by atoms with Crippen molar-refractivity contribution in [2.24, 2.45) is 0 Å². The van der Waals surface area contributed by atoms with E-state index in [1.165, 1.54) is 5.56 Å². The molecule has 0 aliphatic carbocycles. The second kappa shape index (κ2) is 8.38. The van der Waals surface area contributed by atoms with Crippen LogP contribution in [-0.4, -0.2) is 26.9 Å². The number of ether oxygens (including phenoxy) is 3. The zero-order valence-corrected chi connectivity index (χ0v) is 16.7. The zero-order valence-electron chi connectivity index (χ0n) is 15.2. The van der Waals surface area contributed by atoms with Crippen LogP contribution < -0.4 is 19.5 Å². The first-order chi connectivity index (χ1) is 12.6. The van der Waals surface area contributed by atoms with Gasteiger partial charge in [-0.05, 0) is 55.7 Å². The van der Waals surface area contributed by atoms with Gasteiger partial charge >= 0.3 is 0 Å².